The molecule has 0 bridgehead atoms. The lowest BCUT2D eigenvalue weighted by Crippen LogP contribution is -2.24. The molecule has 0 aliphatic carbocycles. The Morgan fingerprint density at radius 1 is 1.43 bits per heavy atom. The van der Waals surface area contributed by atoms with Crippen LogP contribution in [0.15, 0.2) is 36.0 Å². The lowest BCUT2D eigenvalue weighted by Gasteiger charge is -2.04. The first-order valence-corrected chi connectivity index (χ1v) is 6.28. The molecule has 2 aromatic rings. The standard InChI is InChI=1S/C13H13N5O3/c1-9(10-2-3-11-12(4-10)21-8-20-11)16-17-13(19)5-18-7-14-6-15-18/h2-4,6-7H,5,8H2,1H3,(H,17,19)/b16-9+. The highest BCUT2D eigenvalue weighted by Crippen LogP contribution is 2.32. The molecule has 0 fully saturated rings. The van der Waals surface area contributed by atoms with E-state index in [2.05, 4.69) is 20.6 Å². The maximum atomic E-state index is 11.7. The van der Waals surface area contributed by atoms with Crippen molar-refractivity contribution in [3.8, 4) is 11.5 Å². The van der Waals surface area contributed by atoms with E-state index in [4.69, 9.17) is 9.47 Å². The van der Waals surface area contributed by atoms with Crippen LogP contribution in [-0.2, 0) is 11.3 Å². The van der Waals surface area contributed by atoms with Crippen molar-refractivity contribution >= 4 is 11.6 Å². The number of carbonyl (C=O) groups excluding carboxylic acids is 1. The van der Waals surface area contributed by atoms with Gasteiger partial charge in [-0.3, -0.25) is 4.79 Å². The van der Waals surface area contributed by atoms with E-state index in [9.17, 15) is 4.79 Å². The van der Waals surface area contributed by atoms with Crippen LogP contribution in [0.1, 0.15) is 12.5 Å². The van der Waals surface area contributed by atoms with Crippen molar-refractivity contribution in [2.24, 2.45) is 5.10 Å². The second-order valence-corrected chi connectivity index (χ2v) is 4.39. The molecule has 0 radical (unpaired) electrons. The van der Waals surface area contributed by atoms with Crippen molar-refractivity contribution in [1.29, 1.82) is 0 Å². The van der Waals surface area contributed by atoms with Crippen molar-refractivity contribution in [3.05, 3.63) is 36.4 Å². The molecule has 0 atom stereocenters. The van der Waals surface area contributed by atoms with Crippen LogP contribution in [0.5, 0.6) is 11.5 Å². The fourth-order valence-electron chi connectivity index (χ4n) is 1.83. The lowest BCUT2D eigenvalue weighted by molar-refractivity contribution is -0.121. The van der Waals surface area contributed by atoms with Crippen LogP contribution >= 0.6 is 0 Å². The molecule has 8 nitrogen and oxygen atoms in total. The lowest BCUT2D eigenvalue weighted by atomic mass is 10.1. The second kappa shape index (κ2) is 5.61. The van der Waals surface area contributed by atoms with Crippen LogP contribution in [0, 0.1) is 0 Å². The third kappa shape index (κ3) is 2.99. The van der Waals surface area contributed by atoms with E-state index in [-0.39, 0.29) is 19.2 Å². The number of rotatable bonds is 4. The molecule has 108 valence electrons. The summed E-state index contributed by atoms with van der Waals surface area (Å²) < 4.78 is 12.0. The van der Waals surface area contributed by atoms with Gasteiger partial charge >= 0.3 is 0 Å². The molecule has 0 saturated carbocycles. The first kappa shape index (κ1) is 13.1. The topological polar surface area (TPSA) is 90.6 Å². The number of hydrazone groups is 1. The summed E-state index contributed by atoms with van der Waals surface area (Å²) in [5, 5.41) is 7.91. The van der Waals surface area contributed by atoms with E-state index in [1.54, 1.807) is 6.92 Å². The van der Waals surface area contributed by atoms with Gasteiger partial charge < -0.3 is 9.47 Å². The van der Waals surface area contributed by atoms with Crippen molar-refractivity contribution < 1.29 is 14.3 Å². The number of benzene rings is 1. The fraction of sp³-hybridized carbons (Fsp3) is 0.231. The molecule has 2 heterocycles. The van der Waals surface area contributed by atoms with Crippen molar-refractivity contribution in [3.63, 3.8) is 0 Å². The van der Waals surface area contributed by atoms with Crippen LogP contribution in [-0.4, -0.2) is 33.2 Å². The normalized spacial score (nSPS) is 13.3. The number of amides is 1. The summed E-state index contributed by atoms with van der Waals surface area (Å²) in [6.45, 7) is 2.09. The predicted molar refractivity (Wildman–Crippen MR) is 72.9 cm³/mol. The van der Waals surface area contributed by atoms with Gasteiger partial charge in [-0.1, -0.05) is 0 Å². The molecule has 8 heteroatoms. The smallest absolute Gasteiger partial charge is 0.261 e. The van der Waals surface area contributed by atoms with Crippen LogP contribution in [0.4, 0.5) is 0 Å². The molecule has 3 rings (SSSR count). The SMILES string of the molecule is C/C(=N\NC(=O)Cn1cncn1)c1ccc2c(c1)OCO2. The molecule has 1 aliphatic heterocycles. The van der Waals surface area contributed by atoms with Crippen LogP contribution < -0.4 is 14.9 Å². The Kier molecular flexibility index (Phi) is 3.50. The zero-order valence-corrected chi connectivity index (χ0v) is 11.3. The second-order valence-electron chi connectivity index (χ2n) is 4.39. The number of hydrogen-bond acceptors (Lipinski definition) is 6. The van der Waals surface area contributed by atoms with Gasteiger partial charge in [0.1, 0.15) is 19.2 Å². The number of fused-ring (bicyclic) bond motifs is 1. The summed E-state index contributed by atoms with van der Waals surface area (Å²) in [4.78, 5) is 15.4. The largest absolute Gasteiger partial charge is 0.454 e. The molecule has 1 aromatic heterocycles. The third-order valence-corrected chi connectivity index (χ3v) is 2.91. The van der Waals surface area contributed by atoms with Gasteiger partial charge in [-0.25, -0.2) is 15.1 Å². The average Bonchev–Trinajstić information content (AvgIpc) is 3.14. The summed E-state index contributed by atoms with van der Waals surface area (Å²) in [6.07, 6.45) is 2.84. The van der Waals surface area contributed by atoms with Crippen molar-refractivity contribution in [1.82, 2.24) is 20.2 Å². The van der Waals surface area contributed by atoms with Crippen LogP contribution in [0.3, 0.4) is 0 Å². The Hall–Kier alpha value is -2.90. The fourth-order valence-corrected chi connectivity index (χ4v) is 1.83. The summed E-state index contributed by atoms with van der Waals surface area (Å²) in [7, 11) is 0. The number of hydrogen-bond donors (Lipinski definition) is 1. The van der Waals surface area contributed by atoms with Crippen molar-refractivity contribution in [2.45, 2.75) is 13.5 Å². The Labute approximate surface area is 120 Å². The molecular formula is C13H13N5O3. The van der Waals surface area contributed by atoms with E-state index in [0.717, 1.165) is 5.56 Å². The Morgan fingerprint density at radius 3 is 3.10 bits per heavy atom. The monoisotopic (exact) mass is 287 g/mol. The highest BCUT2D eigenvalue weighted by atomic mass is 16.7. The molecule has 0 saturated heterocycles. The number of ether oxygens (including phenoxy) is 2. The van der Waals surface area contributed by atoms with Gasteiger partial charge in [-0.2, -0.15) is 10.2 Å². The first-order chi connectivity index (χ1) is 10.2. The van der Waals surface area contributed by atoms with E-state index < -0.39 is 0 Å². The van der Waals surface area contributed by atoms with E-state index in [1.165, 1.54) is 17.3 Å². The molecule has 1 N–H and O–H groups in total. The Morgan fingerprint density at radius 2 is 2.29 bits per heavy atom. The maximum Gasteiger partial charge on any atom is 0.261 e. The van der Waals surface area contributed by atoms with Gasteiger partial charge in [0.15, 0.2) is 11.5 Å². The van der Waals surface area contributed by atoms with Gasteiger partial charge in [-0.05, 0) is 25.1 Å². The summed E-state index contributed by atoms with van der Waals surface area (Å²) in [5.74, 6) is 1.11. The summed E-state index contributed by atoms with van der Waals surface area (Å²) >= 11 is 0. The van der Waals surface area contributed by atoms with Gasteiger partial charge in [0.25, 0.3) is 5.91 Å². The molecular weight excluding hydrogens is 274 g/mol. The summed E-state index contributed by atoms with van der Waals surface area (Å²) in [6, 6.07) is 5.49. The van der Waals surface area contributed by atoms with Crippen LogP contribution in [0.25, 0.3) is 0 Å². The van der Waals surface area contributed by atoms with Gasteiger partial charge in [0.05, 0.1) is 5.71 Å². The van der Waals surface area contributed by atoms with Crippen molar-refractivity contribution in [2.75, 3.05) is 6.79 Å². The van der Waals surface area contributed by atoms with Crippen LogP contribution in [0.2, 0.25) is 0 Å². The quantitative estimate of drug-likeness (QED) is 0.655. The maximum absolute atomic E-state index is 11.7. The number of carbonyl (C=O) groups is 1. The minimum absolute atomic E-state index is 0.0674. The molecule has 0 spiro atoms. The Bertz CT molecular complexity index is 681. The zero-order chi connectivity index (χ0) is 14.7. The third-order valence-electron chi connectivity index (χ3n) is 2.91. The van der Waals surface area contributed by atoms with E-state index >= 15 is 0 Å². The van der Waals surface area contributed by atoms with Gasteiger partial charge in [0.2, 0.25) is 6.79 Å². The molecule has 1 aliphatic rings. The number of nitrogens with zero attached hydrogens (tertiary/aromatic N) is 4. The predicted octanol–water partition coefficient (Wildman–Crippen LogP) is 0.547. The number of aromatic nitrogens is 3. The minimum atomic E-state index is -0.277. The Balaban J connectivity index is 1.64. The molecule has 0 unspecified atom stereocenters. The highest BCUT2D eigenvalue weighted by molar-refractivity contribution is 5.99. The first-order valence-electron chi connectivity index (χ1n) is 6.28. The highest BCUT2D eigenvalue weighted by Gasteiger charge is 2.14. The van der Waals surface area contributed by atoms with E-state index in [0.29, 0.717) is 17.2 Å². The molecule has 21 heavy (non-hydrogen) atoms. The zero-order valence-electron chi connectivity index (χ0n) is 11.3. The minimum Gasteiger partial charge on any atom is -0.454 e. The summed E-state index contributed by atoms with van der Waals surface area (Å²) in [5.41, 5.74) is 3.99. The van der Waals surface area contributed by atoms with Gasteiger partial charge in [-0.15, -0.1) is 0 Å². The molecule has 1 amide bonds. The van der Waals surface area contributed by atoms with E-state index in [1.807, 2.05) is 18.2 Å². The molecule has 1 aromatic carbocycles. The average molecular weight is 287 g/mol. The van der Waals surface area contributed by atoms with Gasteiger partial charge in [0, 0.05) is 5.56 Å². The number of nitrogens with one attached hydrogen (secondary N) is 1.